The minimum Gasteiger partial charge on any atom is -0.350 e. The third-order valence-electron chi connectivity index (χ3n) is 13.3. The van der Waals surface area contributed by atoms with Crippen LogP contribution in [0.15, 0.2) is 239 Å². The molecule has 64 heavy (non-hydrogen) atoms. The molecule has 0 fully saturated rings. The van der Waals surface area contributed by atoms with E-state index in [9.17, 15) is 0 Å². The Balaban J connectivity index is 0.980. The lowest BCUT2D eigenvalue weighted by atomic mass is 9.62. The fourth-order valence-electron chi connectivity index (χ4n) is 10.6. The molecule has 4 heterocycles. The van der Waals surface area contributed by atoms with E-state index in [1.54, 1.807) is 0 Å². The molecule has 2 N–H and O–H groups in total. The molecule has 1 spiro atoms. The van der Waals surface area contributed by atoms with E-state index in [2.05, 4.69) is 238 Å². The van der Waals surface area contributed by atoms with Crippen LogP contribution in [0.25, 0.3) is 27.5 Å². The lowest BCUT2D eigenvalue weighted by molar-refractivity contribution is 0.409. The largest absolute Gasteiger partial charge is 0.350 e. The molecule has 0 bridgehead atoms. The van der Waals surface area contributed by atoms with Crippen LogP contribution in [-0.2, 0) is 5.41 Å². The fraction of sp³-hybridized carbons (Fsp3) is 0.0517. The Kier molecular flexibility index (Phi) is 8.51. The van der Waals surface area contributed by atoms with Gasteiger partial charge in [-0.3, -0.25) is 5.32 Å². The molecule has 0 saturated carbocycles. The molecular weight excluding hydrogens is 799 g/mol. The highest BCUT2D eigenvalue weighted by molar-refractivity contribution is 7.99. The van der Waals surface area contributed by atoms with Gasteiger partial charge in [0.15, 0.2) is 0 Å². The number of hydrogen-bond acceptors (Lipinski definition) is 5. The summed E-state index contributed by atoms with van der Waals surface area (Å²) in [7, 11) is 0. The quantitative estimate of drug-likeness (QED) is 0.181. The van der Waals surface area contributed by atoms with Crippen LogP contribution < -0.4 is 15.5 Å². The van der Waals surface area contributed by atoms with Gasteiger partial charge in [0.2, 0.25) is 0 Å². The Hall–Kier alpha value is -7.64. The van der Waals surface area contributed by atoms with Crippen LogP contribution in [-0.4, -0.2) is 10.4 Å². The summed E-state index contributed by atoms with van der Waals surface area (Å²) in [5.41, 5.74) is 15.0. The molecule has 9 aromatic carbocycles. The van der Waals surface area contributed by atoms with E-state index in [1.807, 2.05) is 17.8 Å². The van der Waals surface area contributed by atoms with Crippen LogP contribution in [0.3, 0.4) is 0 Å². The Morgan fingerprint density at radius 2 is 1.06 bits per heavy atom. The van der Waals surface area contributed by atoms with Crippen molar-refractivity contribution in [3.8, 4) is 5.69 Å². The van der Waals surface area contributed by atoms with Crippen LogP contribution in [0.2, 0.25) is 0 Å². The van der Waals surface area contributed by atoms with E-state index in [-0.39, 0.29) is 12.3 Å². The van der Waals surface area contributed by atoms with Gasteiger partial charge in [0.05, 0.1) is 27.8 Å². The molecule has 13 rings (SSSR count). The third kappa shape index (κ3) is 5.59. The van der Waals surface area contributed by atoms with Gasteiger partial charge in [-0.15, -0.1) is 0 Å². The zero-order chi connectivity index (χ0) is 42.2. The van der Waals surface area contributed by atoms with Gasteiger partial charge < -0.3 is 14.8 Å². The minimum absolute atomic E-state index is 0.149. The van der Waals surface area contributed by atoms with Crippen molar-refractivity contribution in [3.63, 3.8) is 0 Å². The van der Waals surface area contributed by atoms with Gasteiger partial charge in [-0.25, -0.2) is 4.99 Å². The topological polar surface area (TPSA) is 44.6 Å². The molecule has 2 unspecified atom stereocenters. The van der Waals surface area contributed by atoms with Gasteiger partial charge >= 0.3 is 0 Å². The van der Waals surface area contributed by atoms with Crippen LogP contribution in [0.1, 0.15) is 51.3 Å². The normalized spacial score (nSPS) is 16.9. The van der Waals surface area contributed by atoms with Crippen molar-refractivity contribution < 1.29 is 0 Å². The Morgan fingerprint density at radius 3 is 1.80 bits per heavy atom. The van der Waals surface area contributed by atoms with Crippen molar-refractivity contribution in [3.05, 3.63) is 263 Å². The second-order valence-corrected chi connectivity index (χ2v) is 17.8. The number of amidine groups is 1. The first-order valence-corrected chi connectivity index (χ1v) is 22.8. The molecule has 0 amide bonds. The van der Waals surface area contributed by atoms with Crippen molar-refractivity contribution in [2.75, 3.05) is 4.90 Å². The van der Waals surface area contributed by atoms with E-state index < -0.39 is 5.41 Å². The number of hydrogen-bond donors (Lipinski definition) is 2. The number of aliphatic imine (C=N–C) groups is 1. The predicted molar refractivity (Wildman–Crippen MR) is 263 cm³/mol. The fourth-order valence-corrected chi connectivity index (χ4v) is 11.8. The SMILES string of the molecule is c1ccc(C2=NC(c3ccccc3)NC(c3ccc(-n4c5ccccc5c5cc6c(cc54)Sc4ccccc4C64c5ccccc5N(c5ccccc5)c5ccccc54)cc3)N2)cc1. The number of rotatable bonds is 5. The third-order valence-corrected chi connectivity index (χ3v) is 14.4. The first-order valence-electron chi connectivity index (χ1n) is 21.9. The summed E-state index contributed by atoms with van der Waals surface area (Å²) in [6.07, 6.45) is -0.342. The summed E-state index contributed by atoms with van der Waals surface area (Å²) in [6, 6.07) is 81.8. The van der Waals surface area contributed by atoms with Crippen LogP contribution in [0.4, 0.5) is 17.1 Å². The second-order valence-electron chi connectivity index (χ2n) is 16.8. The zero-order valence-corrected chi connectivity index (χ0v) is 35.6. The van der Waals surface area contributed by atoms with E-state index >= 15 is 0 Å². The van der Waals surface area contributed by atoms with Gasteiger partial charge in [0.25, 0.3) is 0 Å². The lowest BCUT2D eigenvalue weighted by Gasteiger charge is -2.49. The second kappa shape index (κ2) is 14.7. The van der Waals surface area contributed by atoms with Crippen LogP contribution >= 0.6 is 11.8 Å². The van der Waals surface area contributed by atoms with Crippen molar-refractivity contribution in [1.29, 1.82) is 0 Å². The lowest BCUT2D eigenvalue weighted by Crippen LogP contribution is -2.44. The molecule has 3 aliphatic heterocycles. The number of fused-ring (bicyclic) bond motifs is 11. The highest BCUT2D eigenvalue weighted by atomic mass is 32.2. The molecule has 3 aliphatic rings. The molecule has 0 radical (unpaired) electrons. The number of nitrogens with zero attached hydrogens (tertiary/aromatic N) is 3. The molecule has 5 nitrogen and oxygen atoms in total. The maximum Gasteiger partial charge on any atom is 0.131 e. The van der Waals surface area contributed by atoms with Gasteiger partial charge in [0, 0.05) is 37.5 Å². The first-order chi connectivity index (χ1) is 31.7. The first kappa shape index (κ1) is 37.0. The van der Waals surface area contributed by atoms with E-state index in [0.29, 0.717) is 0 Å². The van der Waals surface area contributed by atoms with Crippen molar-refractivity contribution in [2.45, 2.75) is 27.5 Å². The molecule has 304 valence electrons. The molecule has 0 aliphatic carbocycles. The Labute approximate surface area is 376 Å². The average molecular weight is 840 g/mol. The van der Waals surface area contributed by atoms with E-state index in [4.69, 9.17) is 4.99 Å². The van der Waals surface area contributed by atoms with Gasteiger partial charge in [-0.05, 0) is 94.0 Å². The summed E-state index contributed by atoms with van der Waals surface area (Å²) >= 11 is 1.89. The minimum atomic E-state index is -0.561. The molecule has 10 aromatic rings. The average Bonchev–Trinajstić information content (AvgIpc) is 3.69. The maximum absolute atomic E-state index is 5.13. The summed E-state index contributed by atoms with van der Waals surface area (Å²) in [5, 5.41) is 9.98. The molecule has 0 saturated heterocycles. The van der Waals surface area contributed by atoms with Crippen LogP contribution in [0, 0.1) is 0 Å². The van der Waals surface area contributed by atoms with Gasteiger partial charge in [0.1, 0.15) is 18.2 Å². The maximum atomic E-state index is 5.13. The zero-order valence-electron chi connectivity index (χ0n) is 34.8. The number of anilines is 3. The van der Waals surface area contributed by atoms with Crippen LogP contribution in [0.5, 0.6) is 0 Å². The number of benzene rings is 9. The van der Waals surface area contributed by atoms with E-state index in [0.717, 1.165) is 33.9 Å². The Morgan fingerprint density at radius 1 is 0.453 bits per heavy atom. The standard InChI is InChI=1S/C58H41N5S/c1-4-18-38(19-5-1)55-59-56(39-20-6-2-7-21-39)61-57(60-55)40-32-34-42(35-33-40)62-49-28-14-10-24-43(49)44-36-48-54(37-52(44)62)64-53-31-17-13-27-47(53)58(48)45-25-11-15-29-50(45)63(41-22-8-3-9-23-41)51-30-16-12-26-46(51)58/h1-37,55,57,60H,(H,59,61). The van der Waals surface area contributed by atoms with Gasteiger partial charge in [-0.2, -0.15) is 0 Å². The Bertz CT molecular complexity index is 3390. The number of para-hydroxylation sites is 4. The van der Waals surface area contributed by atoms with Crippen molar-refractivity contribution in [1.82, 2.24) is 15.2 Å². The monoisotopic (exact) mass is 839 g/mol. The molecule has 2 atom stereocenters. The summed E-state index contributed by atoms with van der Waals surface area (Å²) in [5.74, 6) is 0.877. The highest BCUT2D eigenvalue weighted by Gasteiger charge is 2.50. The highest BCUT2D eigenvalue weighted by Crippen LogP contribution is 2.63. The van der Waals surface area contributed by atoms with Crippen molar-refractivity contribution >= 4 is 56.5 Å². The summed E-state index contributed by atoms with van der Waals surface area (Å²) in [6.45, 7) is 0. The smallest absolute Gasteiger partial charge is 0.131 e. The van der Waals surface area contributed by atoms with Gasteiger partial charge in [-0.1, -0.05) is 176 Å². The predicted octanol–water partition coefficient (Wildman–Crippen LogP) is 13.8. The molecule has 6 heteroatoms. The molecule has 1 aromatic heterocycles. The summed E-state index contributed by atoms with van der Waals surface area (Å²) < 4.78 is 2.45. The van der Waals surface area contributed by atoms with E-state index in [1.165, 1.54) is 65.2 Å². The number of aromatic nitrogens is 1. The number of nitrogens with one attached hydrogen (secondary N) is 2. The van der Waals surface area contributed by atoms with Crippen molar-refractivity contribution in [2.24, 2.45) is 4.99 Å². The molecular formula is C58H41N5S. The summed E-state index contributed by atoms with van der Waals surface area (Å²) in [4.78, 5) is 10.1.